The molecule has 144 valence electrons. The third kappa shape index (κ3) is 3.57. The topological polar surface area (TPSA) is 45.6 Å². The fourth-order valence-corrected chi connectivity index (χ4v) is 4.95. The van der Waals surface area contributed by atoms with Gasteiger partial charge in [0.2, 0.25) is 0 Å². The Kier molecular flexibility index (Phi) is 4.65. The molecule has 3 atom stereocenters. The van der Waals surface area contributed by atoms with Gasteiger partial charge in [-0.2, -0.15) is 0 Å². The third-order valence-corrected chi connectivity index (χ3v) is 6.37. The minimum absolute atomic E-state index is 0.327. The van der Waals surface area contributed by atoms with Crippen molar-refractivity contribution in [2.24, 2.45) is 11.8 Å². The number of aromatic hydroxyl groups is 1. The zero-order valence-electron chi connectivity index (χ0n) is 16.0. The van der Waals surface area contributed by atoms with Gasteiger partial charge in [0.1, 0.15) is 11.5 Å². The van der Waals surface area contributed by atoms with Gasteiger partial charge < -0.3 is 14.7 Å². The number of benzene rings is 2. The van der Waals surface area contributed by atoms with Crippen LogP contribution in [0.1, 0.15) is 18.4 Å². The lowest BCUT2D eigenvalue weighted by atomic mass is 10.0. The summed E-state index contributed by atoms with van der Waals surface area (Å²) in [7, 11) is 0. The predicted molar refractivity (Wildman–Crippen MR) is 111 cm³/mol. The molecule has 1 aliphatic carbocycles. The van der Waals surface area contributed by atoms with Crippen LogP contribution in [-0.4, -0.2) is 40.7 Å². The summed E-state index contributed by atoms with van der Waals surface area (Å²) >= 11 is 0. The summed E-state index contributed by atoms with van der Waals surface area (Å²) in [6.45, 7) is 3.46. The van der Waals surface area contributed by atoms with Crippen LogP contribution in [0, 0.1) is 11.8 Å². The molecule has 4 nitrogen and oxygen atoms in total. The van der Waals surface area contributed by atoms with Crippen molar-refractivity contribution < 1.29 is 9.84 Å². The van der Waals surface area contributed by atoms with E-state index in [0.29, 0.717) is 11.9 Å². The molecule has 0 bridgehead atoms. The fourth-order valence-electron chi connectivity index (χ4n) is 4.95. The van der Waals surface area contributed by atoms with Gasteiger partial charge in [0.05, 0.1) is 6.10 Å². The van der Waals surface area contributed by atoms with Crippen molar-refractivity contribution in [1.82, 2.24) is 9.88 Å². The molecule has 2 heterocycles. The Labute approximate surface area is 165 Å². The Hall–Kier alpha value is -2.59. The second-order valence-corrected chi connectivity index (χ2v) is 8.26. The van der Waals surface area contributed by atoms with Gasteiger partial charge >= 0.3 is 0 Å². The van der Waals surface area contributed by atoms with Crippen LogP contribution >= 0.6 is 0 Å². The number of hydrogen-bond donors (Lipinski definition) is 1. The van der Waals surface area contributed by atoms with Crippen LogP contribution in [0.15, 0.2) is 60.9 Å². The van der Waals surface area contributed by atoms with Gasteiger partial charge in [-0.05, 0) is 60.9 Å². The lowest BCUT2D eigenvalue weighted by Gasteiger charge is -2.20. The maximum absolute atomic E-state index is 9.41. The molecule has 3 aromatic rings. The summed E-state index contributed by atoms with van der Waals surface area (Å²) < 4.78 is 6.43. The highest BCUT2D eigenvalue weighted by Gasteiger charge is 2.41. The van der Waals surface area contributed by atoms with E-state index in [2.05, 4.69) is 28.1 Å². The van der Waals surface area contributed by atoms with E-state index >= 15 is 0 Å². The zero-order valence-corrected chi connectivity index (χ0v) is 16.0. The van der Waals surface area contributed by atoms with Gasteiger partial charge in [0, 0.05) is 42.8 Å². The molecule has 2 aromatic carbocycles. The first-order chi connectivity index (χ1) is 13.7. The SMILES string of the molecule is Oc1ccc(CCN2C[C@H]3CC(Oc4cccc5cnccc45)C[C@H]3C2)cc1. The quantitative estimate of drug-likeness (QED) is 0.724. The Bertz CT molecular complexity index is 937. The maximum Gasteiger partial charge on any atom is 0.127 e. The first-order valence-corrected chi connectivity index (χ1v) is 10.2. The molecule has 2 aliphatic rings. The second-order valence-electron chi connectivity index (χ2n) is 8.26. The molecule has 28 heavy (non-hydrogen) atoms. The smallest absolute Gasteiger partial charge is 0.127 e. The van der Waals surface area contributed by atoms with Crippen LogP contribution < -0.4 is 4.74 Å². The fraction of sp³-hybridized carbons (Fsp3) is 0.375. The molecular weight excluding hydrogens is 348 g/mol. The molecule has 0 radical (unpaired) electrons. The Morgan fingerprint density at radius 2 is 1.79 bits per heavy atom. The van der Waals surface area contributed by atoms with Crippen molar-refractivity contribution >= 4 is 10.8 Å². The van der Waals surface area contributed by atoms with E-state index in [9.17, 15) is 5.11 Å². The molecule has 1 saturated heterocycles. The van der Waals surface area contributed by atoms with E-state index in [4.69, 9.17) is 4.74 Å². The number of fused-ring (bicyclic) bond motifs is 2. The maximum atomic E-state index is 9.41. The highest BCUT2D eigenvalue weighted by Crippen LogP contribution is 2.40. The van der Waals surface area contributed by atoms with Gasteiger partial charge in [0.25, 0.3) is 0 Å². The van der Waals surface area contributed by atoms with Crippen LogP contribution in [0.4, 0.5) is 0 Å². The number of phenols is 1. The Morgan fingerprint density at radius 1 is 1.00 bits per heavy atom. The van der Waals surface area contributed by atoms with E-state index in [1.54, 1.807) is 12.1 Å². The highest BCUT2D eigenvalue weighted by molar-refractivity contribution is 5.87. The lowest BCUT2D eigenvalue weighted by molar-refractivity contribution is 0.188. The monoisotopic (exact) mass is 374 g/mol. The first-order valence-electron chi connectivity index (χ1n) is 10.2. The van der Waals surface area contributed by atoms with Crippen LogP contribution in [-0.2, 0) is 6.42 Å². The van der Waals surface area contributed by atoms with E-state index in [-0.39, 0.29) is 0 Å². The number of nitrogens with zero attached hydrogens (tertiary/aromatic N) is 2. The van der Waals surface area contributed by atoms with Crippen molar-refractivity contribution in [1.29, 1.82) is 0 Å². The number of pyridine rings is 1. The normalized spacial score (nSPS) is 24.5. The standard InChI is InChI=1S/C24H26N2O2/c27-21-6-4-17(5-7-21)9-11-26-15-19-12-22(13-20(19)16-26)28-24-3-1-2-18-14-25-10-8-23(18)24/h1-8,10,14,19-20,22,27H,9,11-13,15-16H2/t19-,20+,22?. The van der Waals surface area contributed by atoms with Crippen molar-refractivity contribution in [2.45, 2.75) is 25.4 Å². The number of likely N-dealkylation sites (tertiary alicyclic amines) is 1. The summed E-state index contributed by atoms with van der Waals surface area (Å²) in [5.41, 5.74) is 1.29. The number of aromatic nitrogens is 1. The molecule has 1 aliphatic heterocycles. The predicted octanol–water partition coefficient (Wildman–Crippen LogP) is 4.27. The average Bonchev–Trinajstić information content (AvgIpc) is 3.26. The molecule has 2 fully saturated rings. The van der Waals surface area contributed by atoms with E-state index in [1.165, 1.54) is 18.7 Å². The zero-order chi connectivity index (χ0) is 18.9. The van der Waals surface area contributed by atoms with Crippen molar-refractivity contribution in [2.75, 3.05) is 19.6 Å². The first kappa shape index (κ1) is 17.5. The molecule has 4 heteroatoms. The van der Waals surface area contributed by atoms with Gasteiger partial charge in [-0.1, -0.05) is 24.3 Å². The average molecular weight is 374 g/mol. The number of rotatable bonds is 5. The molecule has 1 unspecified atom stereocenters. The van der Waals surface area contributed by atoms with Crippen LogP contribution in [0.25, 0.3) is 10.8 Å². The van der Waals surface area contributed by atoms with Crippen molar-refractivity contribution in [3.8, 4) is 11.5 Å². The van der Waals surface area contributed by atoms with Gasteiger partial charge in [-0.3, -0.25) is 4.98 Å². The molecule has 1 saturated carbocycles. The molecule has 0 amide bonds. The van der Waals surface area contributed by atoms with Crippen molar-refractivity contribution in [3.05, 3.63) is 66.5 Å². The van der Waals surface area contributed by atoms with Crippen molar-refractivity contribution in [3.63, 3.8) is 0 Å². The van der Waals surface area contributed by atoms with E-state index in [0.717, 1.165) is 54.2 Å². The van der Waals surface area contributed by atoms with Gasteiger partial charge in [-0.15, -0.1) is 0 Å². The Morgan fingerprint density at radius 3 is 2.57 bits per heavy atom. The van der Waals surface area contributed by atoms with E-state index < -0.39 is 0 Å². The van der Waals surface area contributed by atoms with Crippen LogP contribution in [0.5, 0.6) is 11.5 Å². The second kappa shape index (κ2) is 7.44. The minimum Gasteiger partial charge on any atom is -0.508 e. The van der Waals surface area contributed by atoms with E-state index in [1.807, 2.05) is 30.6 Å². The summed E-state index contributed by atoms with van der Waals surface area (Å²) in [6, 6.07) is 15.9. The lowest BCUT2D eigenvalue weighted by Crippen LogP contribution is -2.26. The highest BCUT2D eigenvalue weighted by atomic mass is 16.5. The summed E-state index contributed by atoms with van der Waals surface area (Å²) in [5, 5.41) is 11.7. The molecular formula is C24H26N2O2. The number of phenolic OH excluding ortho intramolecular Hbond substituents is 1. The summed E-state index contributed by atoms with van der Waals surface area (Å²) in [4.78, 5) is 6.81. The molecule has 5 rings (SSSR count). The number of hydrogen-bond acceptors (Lipinski definition) is 4. The van der Waals surface area contributed by atoms with Crippen LogP contribution in [0.2, 0.25) is 0 Å². The largest absolute Gasteiger partial charge is 0.508 e. The number of ether oxygens (including phenoxy) is 1. The summed E-state index contributed by atoms with van der Waals surface area (Å²) in [5.74, 6) is 2.84. The molecule has 1 aromatic heterocycles. The summed E-state index contributed by atoms with van der Waals surface area (Å²) in [6.07, 6.45) is 7.42. The minimum atomic E-state index is 0.327. The molecule has 1 N–H and O–H groups in total. The Balaban J connectivity index is 1.16. The third-order valence-electron chi connectivity index (χ3n) is 6.37. The van der Waals surface area contributed by atoms with Crippen LogP contribution in [0.3, 0.4) is 0 Å². The van der Waals surface area contributed by atoms with Gasteiger partial charge in [-0.25, -0.2) is 0 Å². The molecule has 0 spiro atoms. The van der Waals surface area contributed by atoms with Gasteiger partial charge in [0.15, 0.2) is 0 Å².